The molecule has 1 heterocycles. The zero-order valence-corrected chi connectivity index (χ0v) is 13.4. The summed E-state index contributed by atoms with van der Waals surface area (Å²) in [6.07, 6.45) is 2.02. The molecule has 3 aromatic rings. The van der Waals surface area contributed by atoms with E-state index >= 15 is 0 Å². The Morgan fingerprint density at radius 2 is 1.86 bits per heavy atom. The molecule has 0 atom stereocenters. The number of hydrogen-bond donors (Lipinski definition) is 1. The number of rotatable bonds is 3. The molecule has 1 aromatic heterocycles. The van der Waals surface area contributed by atoms with Crippen LogP contribution in [-0.4, -0.2) is 17.1 Å². The summed E-state index contributed by atoms with van der Waals surface area (Å²) in [4.78, 5) is 17.7. The first-order valence-corrected chi connectivity index (χ1v) is 8.28. The third kappa shape index (κ3) is 3.24. The molecule has 0 spiro atoms. The summed E-state index contributed by atoms with van der Waals surface area (Å²) in [7, 11) is 0. The Morgan fingerprint density at radius 3 is 2.59 bits per heavy atom. The van der Waals surface area contributed by atoms with Crippen LogP contribution in [-0.2, 0) is 0 Å². The minimum atomic E-state index is -0.145. The summed E-state index contributed by atoms with van der Waals surface area (Å²) in [5.41, 5.74) is 2.14. The number of aromatic nitrogens is 1. The van der Waals surface area contributed by atoms with Gasteiger partial charge in [-0.25, -0.2) is 4.98 Å². The highest BCUT2D eigenvalue weighted by Gasteiger charge is 2.07. The van der Waals surface area contributed by atoms with Crippen LogP contribution in [0.15, 0.2) is 59.5 Å². The minimum Gasteiger partial charge on any atom is -0.322 e. The number of amides is 1. The maximum Gasteiger partial charge on any atom is 0.255 e. The Morgan fingerprint density at radius 1 is 1.09 bits per heavy atom. The second kappa shape index (κ2) is 6.38. The average molecular weight is 329 g/mol. The van der Waals surface area contributed by atoms with Gasteiger partial charge in [0, 0.05) is 21.5 Å². The third-order valence-electron chi connectivity index (χ3n) is 3.27. The minimum absolute atomic E-state index is 0.145. The van der Waals surface area contributed by atoms with E-state index < -0.39 is 0 Å². The van der Waals surface area contributed by atoms with Crippen LogP contribution in [0.25, 0.3) is 10.9 Å². The molecule has 3 rings (SSSR count). The lowest BCUT2D eigenvalue weighted by Gasteiger charge is -2.07. The van der Waals surface area contributed by atoms with Crippen molar-refractivity contribution in [2.24, 2.45) is 0 Å². The lowest BCUT2D eigenvalue weighted by molar-refractivity contribution is 0.102. The van der Waals surface area contributed by atoms with E-state index in [9.17, 15) is 4.79 Å². The number of anilines is 1. The standard InChI is InChI=1S/C17H13ClN2OS/c1-22-14-6-4-13(5-7-14)19-17(21)12-2-8-15-11(10-12)3-9-16(18)20-15/h2-10H,1H3,(H,19,21). The van der Waals surface area contributed by atoms with Gasteiger partial charge in [-0.3, -0.25) is 4.79 Å². The largest absolute Gasteiger partial charge is 0.322 e. The van der Waals surface area contributed by atoms with Crippen LogP contribution in [0.3, 0.4) is 0 Å². The summed E-state index contributed by atoms with van der Waals surface area (Å²) in [6.45, 7) is 0. The molecule has 0 bridgehead atoms. The van der Waals surface area contributed by atoms with E-state index in [0.29, 0.717) is 10.7 Å². The lowest BCUT2D eigenvalue weighted by atomic mass is 10.1. The van der Waals surface area contributed by atoms with Gasteiger partial charge in [0.05, 0.1) is 5.52 Å². The molecule has 0 fully saturated rings. The average Bonchev–Trinajstić information content (AvgIpc) is 2.55. The normalized spacial score (nSPS) is 10.6. The van der Waals surface area contributed by atoms with Gasteiger partial charge in [0.2, 0.25) is 0 Å². The van der Waals surface area contributed by atoms with Crippen LogP contribution in [0.1, 0.15) is 10.4 Å². The number of carbonyl (C=O) groups excluding carboxylic acids is 1. The molecule has 0 aliphatic heterocycles. The monoisotopic (exact) mass is 328 g/mol. The highest BCUT2D eigenvalue weighted by Crippen LogP contribution is 2.20. The number of thioether (sulfide) groups is 1. The number of nitrogens with one attached hydrogen (secondary N) is 1. The molecule has 22 heavy (non-hydrogen) atoms. The molecule has 110 valence electrons. The Bertz CT molecular complexity index is 834. The first kappa shape index (κ1) is 14.9. The number of halogens is 1. The van der Waals surface area contributed by atoms with Crippen molar-refractivity contribution in [3.63, 3.8) is 0 Å². The fraction of sp³-hybridized carbons (Fsp3) is 0.0588. The number of pyridine rings is 1. The van der Waals surface area contributed by atoms with Gasteiger partial charge in [0.25, 0.3) is 5.91 Å². The number of fused-ring (bicyclic) bond motifs is 1. The van der Waals surface area contributed by atoms with Crippen molar-refractivity contribution >= 4 is 45.9 Å². The van der Waals surface area contributed by atoms with Crippen LogP contribution in [0.2, 0.25) is 5.15 Å². The smallest absolute Gasteiger partial charge is 0.255 e. The van der Waals surface area contributed by atoms with Gasteiger partial charge in [-0.05, 0) is 60.9 Å². The highest BCUT2D eigenvalue weighted by atomic mass is 35.5. The maximum atomic E-state index is 12.3. The summed E-state index contributed by atoms with van der Waals surface area (Å²) < 4.78 is 0. The van der Waals surface area contributed by atoms with Gasteiger partial charge in [0.1, 0.15) is 5.15 Å². The van der Waals surface area contributed by atoms with Gasteiger partial charge < -0.3 is 5.32 Å². The molecule has 1 N–H and O–H groups in total. The van der Waals surface area contributed by atoms with E-state index in [-0.39, 0.29) is 5.91 Å². The van der Waals surface area contributed by atoms with E-state index in [0.717, 1.165) is 21.5 Å². The van der Waals surface area contributed by atoms with Crippen molar-refractivity contribution in [1.82, 2.24) is 4.98 Å². The van der Waals surface area contributed by atoms with Crippen LogP contribution < -0.4 is 5.32 Å². The topological polar surface area (TPSA) is 42.0 Å². The number of nitrogens with zero attached hydrogens (tertiary/aromatic N) is 1. The summed E-state index contributed by atoms with van der Waals surface area (Å²) in [5.74, 6) is -0.145. The van der Waals surface area contributed by atoms with Crippen LogP contribution in [0.4, 0.5) is 5.69 Å². The zero-order valence-electron chi connectivity index (χ0n) is 11.8. The molecule has 0 radical (unpaired) electrons. The van der Waals surface area contributed by atoms with Crippen molar-refractivity contribution < 1.29 is 4.79 Å². The molecule has 2 aromatic carbocycles. The van der Waals surface area contributed by atoms with Gasteiger partial charge in [-0.15, -0.1) is 11.8 Å². The molecule has 0 aliphatic carbocycles. The van der Waals surface area contributed by atoms with Gasteiger partial charge >= 0.3 is 0 Å². The first-order valence-electron chi connectivity index (χ1n) is 6.67. The summed E-state index contributed by atoms with van der Waals surface area (Å²) >= 11 is 7.53. The highest BCUT2D eigenvalue weighted by molar-refractivity contribution is 7.98. The third-order valence-corrected chi connectivity index (χ3v) is 4.22. The second-order valence-electron chi connectivity index (χ2n) is 4.72. The molecular weight excluding hydrogens is 316 g/mol. The van der Waals surface area contributed by atoms with Crippen molar-refractivity contribution in [2.75, 3.05) is 11.6 Å². The molecule has 1 amide bonds. The van der Waals surface area contributed by atoms with E-state index in [1.54, 1.807) is 30.0 Å². The van der Waals surface area contributed by atoms with Crippen LogP contribution >= 0.6 is 23.4 Å². The van der Waals surface area contributed by atoms with Gasteiger partial charge in [-0.1, -0.05) is 11.6 Å². The maximum absolute atomic E-state index is 12.3. The van der Waals surface area contributed by atoms with E-state index in [4.69, 9.17) is 11.6 Å². The molecule has 0 saturated heterocycles. The number of carbonyl (C=O) groups is 1. The van der Waals surface area contributed by atoms with E-state index in [1.165, 1.54) is 0 Å². The van der Waals surface area contributed by atoms with Crippen molar-refractivity contribution in [3.05, 3.63) is 65.3 Å². The Labute approximate surface area is 137 Å². The Kier molecular flexibility index (Phi) is 4.32. The predicted molar refractivity (Wildman–Crippen MR) is 92.9 cm³/mol. The fourth-order valence-electron chi connectivity index (χ4n) is 2.12. The van der Waals surface area contributed by atoms with E-state index in [2.05, 4.69) is 10.3 Å². The molecule has 0 unspecified atom stereocenters. The zero-order chi connectivity index (χ0) is 15.5. The summed E-state index contributed by atoms with van der Waals surface area (Å²) in [5, 5.41) is 4.22. The number of hydrogen-bond acceptors (Lipinski definition) is 3. The first-order chi connectivity index (χ1) is 10.7. The second-order valence-corrected chi connectivity index (χ2v) is 5.99. The Balaban J connectivity index is 1.83. The van der Waals surface area contributed by atoms with Gasteiger partial charge in [0.15, 0.2) is 0 Å². The van der Waals surface area contributed by atoms with Crippen molar-refractivity contribution in [2.45, 2.75) is 4.90 Å². The molecule has 3 nitrogen and oxygen atoms in total. The quantitative estimate of drug-likeness (QED) is 0.551. The number of benzene rings is 2. The molecule has 0 saturated carbocycles. The Hall–Kier alpha value is -2.04. The molecule has 5 heteroatoms. The van der Waals surface area contributed by atoms with Crippen molar-refractivity contribution in [3.8, 4) is 0 Å². The van der Waals surface area contributed by atoms with Crippen LogP contribution in [0, 0.1) is 0 Å². The molecule has 0 aliphatic rings. The predicted octanol–water partition coefficient (Wildman–Crippen LogP) is 4.86. The lowest BCUT2D eigenvalue weighted by Crippen LogP contribution is -2.11. The van der Waals surface area contributed by atoms with Gasteiger partial charge in [-0.2, -0.15) is 0 Å². The fourth-order valence-corrected chi connectivity index (χ4v) is 2.68. The van der Waals surface area contributed by atoms with Crippen LogP contribution in [0.5, 0.6) is 0 Å². The SMILES string of the molecule is CSc1ccc(NC(=O)c2ccc3nc(Cl)ccc3c2)cc1. The summed E-state index contributed by atoms with van der Waals surface area (Å²) in [6, 6.07) is 16.7. The molecular formula is C17H13ClN2OS. The van der Waals surface area contributed by atoms with E-state index in [1.807, 2.05) is 42.7 Å². The van der Waals surface area contributed by atoms with Crippen molar-refractivity contribution in [1.29, 1.82) is 0 Å².